The fourth-order valence-corrected chi connectivity index (χ4v) is 1.95. The minimum Gasteiger partial charge on any atom is -0.481 e. The zero-order valence-corrected chi connectivity index (χ0v) is 7.99. The molecule has 4 heteroatoms. The van der Waals surface area contributed by atoms with Crippen LogP contribution in [0.25, 0.3) is 0 Å². The van der Waals surface area contributed by atoms with Crippen LogP contribution in [0.3, 0.4) is 0 Å². The second-order valence-corrected chi connectivity index (χ2v) is 3.46. The number of carbonyl (C=O) groups is 2. The van der Waals surface area contributed by atoms with Gasteiger partial charge in [-0.2, -0.15) is 0 Å². The van der Waals surface area contributed by atoms with Gasteiger partial charge in [0.25, 0.3) is 0 Å². The third kappa shape index (κ3) is 1.82. The molecule has 1 amide bonds. The first kappa shape index (κ1) is 10.0. The lowest BCUT2D eigenvalue weighted by atomic mass is 9.88. The van der Waals surface area contributed by atoms with Crippen LogP contribution < -0.4 is 0 Å². The molecule has 1 aliphatic heterocycles. The van der Waals surface area contributed by atoms with Crippen molar-refractivity contribution in [3.63, 3.8) is 0 Å². The number of hydrogen-bond acceptors (Lipinski definition) is 2. The quantitative estimate of drug-likeness (QED) is 0.689. The molecule has 0 saturated carbocycles. The highest BCUT2D eigenvalue weighted by atomic mass is 16.4. The van der Waals surface area contributed by atoms with E-state index < -0.39 is 5.97 Å². The van der Waals surface area contributed by atoms with Crippen LogP contribution in [-0.4, -0.2) is 35.0 Å². The van der Waals surface area contributed by atoms with Crippen molar-refractivity contribution < 1.29 is 14.7 Å². The second kappa shape index (κ2) is 3.77. The number of piperidine rings is 1. The predicted octanol–water partition coefficient (Wildman–Crippen LogP) is 0.718. The van der Waals surface area contributed by atoms with E-state index in [0.717, 1.165) is 0 Å². The third-order valence-corrected chi connectivity index (χ3v) is 2.76. The van der Waals surface area contributed by atoms with Crippen molar-refractivity contribution in [2.45, 2.75) is 32.2 Å². The molecule has 1 heterocycles. The van der Waals surface area contributed by atoms with Crippen LogP contribution in [0.1, 0.15) is 26.2 Å². The summed E-state index contributed by atoms with van der Waals surface area (Å²) in [6, 6.07) is -0.126. The molecule has 74 valence electrons. The van der Waals surface area contributed by atoms with E-state index >= 15 is 0 Å². The summed E-state index contributed by atoms with van der Waals surface area (Å²) in [4.78, 5) is 23.7. The molecule has 2 atom stereocenters. The normalized spacial score (nSPS) is 29.1. The van der Waals surface area contributed by atoms with Gasteiger partial charge in [-0.3, -0.25) is 9.59 Å². The van der Waals surface area contributed by atoms with Crippen molar-refractivity contribution in [1.82, 2.24) is 4.90 Å². The second-order valence-electron chi connectivity index (χ2n) is 3.46. The van der Waals surface area contributed by atoms with E-state index in [0.29, 0.717) is 19.3 Å². The Morgan fingerprint density at radius 2 is 2.31 bits per heavy atom. The van der Waals surface area contributed by atoms with Gasteiger partial charge in [-0.05, 0) is 12.8 Å². The molecule has 0 aliphatic carbocycles. The molecular weight excluding hydrogens is 170 g/mol. The Morgan fingerprint density at radius 3 is 2.77 bits per heavy atom. The largest absolute Gasteiger partial charge is 0.481 e. The summed E-state index contributed by atoms with van der Waals surface area (Å²) in [5.41, 5.74) is 0. The molecule has 0 aromatic rings. The fourth-order valence-electron chi connectivity index (χ4n) is 1.95. The minimum absolute atomic E-state index is 0.0596. The van der Waals surface area contributed by atoms with Gasteiger partial charge in [-0.25, -0.2) is 0 Å². The monoisotopic (exact) mass is 185 g/mol. The highest BCUT2D eigenvalue weighted by molar-refractivity contribution is 5.81. The van der Waals surface area contributed by atoms with Gasteiger partial charge in [0, 0.05) is 19.5 Å². The zero-order chi connectivity index (χ0) is 10.0. The summed E-state index contributed by atoms with van der Waals surface area (Å²) < 4.78 is 0. The van der Waals surface area contributed by atoms with Crippen molar-refractivity contribution in [3.8, 4) is 0 Å². The van der Waals surface area contributed by atoms with Crippen LogP contribution in [0.4, 0.5) is 0 Å². The number of likely N-dealkylation sites (tertiary alicyclic amines) is 1. The van der Waals surface area contributed by atoms with Gasteiger partial charge in [0.05, 0.1) is 5.92 Å². The number of nitrogens with zero attached hydrogens (tertiary/aromatic N) is 1. The molecule has 0 aromatic carbocycles. The number of aliphatic carboxylic acids is 1. The molecule has 1 aliphatic rings. The lowest BCUT2D eigenvalue weighted by Crippen LogP contribution is -2.48. The maximum Gasteiger partial charge on any atom is 0.308 e. The van der Waals surface area contributed by atoms with Crippen molar-refractivity contribution in [1.29, 1.82) is 0 Å². The molecule has 0 aromatic heterocycles. The Labute approximate surface area is 77.5 Å². The first-order valence-corrected chi connectivity index (χ1v) is 4.56. The van der Waals surface area contributed by atoms with Crippen molar-refractivity contribution in [2.24, 2.45) is 5.92 Å². The molecule has 0 radical (unpaired) electrons. The summed E-state index contributed by atoms with van der Waals surface area (Å²) >= 11 is 0. The van der Waals surface area contributed by atoms with E-state index in [2.05, 4.69) is 0 Å². The standard InChI is InChI=1S/C9H15NO3/c1-3-7-6(9(12)13)4-5-8(11)10(7)2/h6-7H,3-5H2,1-2H3,(H,12,13)/t6-,7+/m0/s1. The molecule has 1 rings (SSSR count). The Balaban J connectivity index is 2.77. The average molecular weight is 185 g/mol. The predicted molar refractivity (Wildman–Crippen MR) is 47.2 cm³/mol. The van der Waals surface area contributed by atoms with Gasteiger partial charge < -0.3 is 10.0 Å². The number of carboxylic acid groups (broad SMARTS) is 1. The smallest absolute Gasteiger partial charge is 0.308 e. The molecular formula is C9H15NO3. The fraction of sp³-hybridized carbons (Fsp3) is 0.778. The number of amides is 1. The molecule has 1 saturated heterocycles. The topological polar surface area (TPSA) is 57.6 Å². The van der Waals surface area contributed by atoms with E-state index in [-0.39, 0.29) is 17.9 Å². The lowest BCUT2D eigenvalue weighted by molar-refractivity contribution is -0.150. The maximum atomic E-state index is 11.3. The summed E-state index contributed by atoms with van der Waals surface area (Å²) in [6.45, 7) is 1.91. The van der Waals surface area contributed by atoms with Crippen LogP contribution in [0.5, 0.6) is 0 Å². The van der Waals surface area contributed by atoms with E-state index in [1.54, 1.807) is 11.9 Å². The van der Waals surface area contributed by atoms with Gasteiger partial charge in [0.15, 0.2) is 0 Å². The maximum absolute atomic E-state index is 11.3. The molecule has 0 spiro atoms. The Morgan fingerprint density at radius 1 is 1.69 bits per heavy atom. The molecule has 0 unspecified atom stereocenters. The van der Waals surface area contributed by atoms with Crippen molar-refractivity contribution in [3.05, 3.63) is 0 Å². The van der Waals surface area contributed by atoms with Crippen LogP contribution in [0, 0.1) is 5.92 Å². The Bertz CT molecular complexity index is 227. The molecule has 4 nitrogen and oxygen atoms in total. The van der Waals surface area contributed by atoms with E-state index in [4.69, 9.17) is 5.11 Å². The number of carboxylic acids is 1. The summed E-state index contributed by atoms with van der Waals surface area (Å²) in [7, 11) is 1.69. The van der Waals surface area contributed by atoms with E-state index in [1.807, 2.05) is 6.92 Å². The van der Waals surface area contributed by atoms with E-state index in [1.165, 1.54) is 0 Å². The van der Waals surface area contributed by atoms with Gasteiger partial charge in [0.1, 0.15) is 0 Å². The van der Waals surface area contributed by atoms with Crippen LogP contribution >= 0.6 is 0 Å². The summed E-state index contributed by atoms with van der Waals surface area (Å²) in [6.07, 6.45) is 1.56. The molecule has 13 heavy (non-hydrogen) atoms. The lowest BCUT2D eigenvalue weighted by Gasteiger charge is -2.36. The van der Waals surface area contributed by atoms with Crippen LogP contribution in [0.2, 0.25) is 0 Å². The zero-order valence-electron chi connectivity index (χ0n) is 7.99. The van der Waals surface area contributed by atoms with E-state index in [9.17, 15) is 9.59 Å². The molecule has 0 bridgehead atoms. The third-order valence-electron chi connectivity index (χ3n) is 2.76. The van der Waals surface area contributed by atoms with Crippen molar-refractivity contribution in [2.75, 3.05) is 7.05 Å². The first-order valence-electron chi connectivity index (χ1n) is 4.56. The Kier molecular flexibility index (Phi) is 2.90. The number of carbonyl (C=O) groups excluding carboxylic acids is 1. The van der Waals surface area contributed by atoms with Crippen molar-refractivity contribution >= 4 is 11.9 Å². The summed E-state index contributed by atoms with van der Waals surface area (Å²) in [5, 5.41) is 8.91. The van der Waals surface area contributed by atoms with Gasteiger partial charge in [0.2, 0.25) is 5.91 Å². The van der Waals surface area contributed by atoms with Crippen LogP contribution in [-0.2, 0) is 9.59 Å². The molecule has 1 N–H and O–H groups in total. The molecule has 1 fully saturated rings. The number of rotatable bonds is 2. The number of hydrogen-bond donors (Lipinski definition) is 1. The highest BCUT2D eigenvalue weighted by Gasteiger charge is 2.36. The first-order chi connectivity index (χ1) is 6.07. The Hall–Kier alpha value is -1.06. The average Bonchev–Trinajstić information content (AvgIpc) is 2.09. The van der Waals surface area contributed by atoms with Crippen LogP contribution in [0.15, 0.2) is 0 Å². The SMILES string of the molecule is CC[C@@H]1[C@@H](C(=O)O)CCC(=O)N1C. The minimum atomic E-state index is -0.786. The summed E-state index contributed by atoms with van der Waals surface area (Å²) in [5.74, 6) is -1.11. The van der Waals surface area contributed by atoms with Gasteiger partial charge in [-0.1, -0.05) is 6.92 Å². The van der Waals surface area contributed by atoms with Gasteiger partial charge >= 0.3 is 5.97 Å². The van der Waals surface area contributed by atoms with Gasteiger partial charge in [-0.15, -0.1) is 0 Å². The highest BCUT2D eigenvalue weighted by Crippen LogP contribution is 2.25.